The molecule has 0 bridgehead atoms. The first-order valence-electron chi connectivity index (χ1n) is 7.00. The molecule has 2 aromatic rings. The van der Waals surface area contributed by atoms with E-state index < -0.39 is 0 Å². The standard InChI is InChI=1S/C17H18O5/c1-20-14-6-4-11(7-13(14)19)17-16(21-2)8-10-3-5-12(18)9-15(10)22-17/h3-7,9,16-19H,8H2,1-2H3/t16-,17+/m1/s1. The summed E-state index contributed by atoms with van der Waals surface area (Å²) in [7, 11) is 3.14. The van der Waals surface area contributed by atoms with Crippen LogP contribution >= 0.6 is 0 Å². The fourth-order valence-corrected chi connectivity index (χ4v) is 2.73. The molecule has 5 nitrogen and oxygen atoms in total. The molecule has 22 heavy (non-hydrogen) atoms. The summed E-state index contributed by atoms with van der Waals surface area (Å²) in [6.45, 7) is 0. The zero-order chi connectivity index (χ0) is 15.7. The van der Waals surface area contributed by atoms with Crippen molar-refractivity contribution in [2.24, 2.45) is 0 Å². The molecule has 0 spiro atoms. The van der Waals surface area contributed by atoms with Gasteiger partial charge in [0.1, 0.15) is 17.6 Å². The summed E-state index contributed by atoms with van der Waals surface area (Å²) in [6, 6.07) is 10.2. The maximum absolute atomic E-state index is 9.96. The zero-order valence-corrected chi connectivity index (χ0v) is 12.4. The quantitative estimate of drug-likeness (QED) is 0.912. The molecule has 5 heteroatoms. The second-order valence-corrected chi connectivity index (χ2v) is 5.24. The van der Waals surface area contributed by atoms with Crippen molar-refractivity contribution in [1.29, 1.82) is 0 Å². The molecule has 1 aliphatic heterocycles. The predicted octanol–water partition coefficient (Wildman–Crippen LogP) is 2.80. The fraction of sp³-hybridized carbons (Fsp3) is 0.294. The van der Waals surface area contributed by atoms with E-state index >= 15 is 0 Å². The first kappa shape index (κ1) is 14.5. The lowest BCUT2D eigenvalue weighted by molar-refractivity contribution is -0.0115. The van der Waals surface area contributed by atoms with Gasteiger partial charge in [-0.05, 0) is 29.3 Å². The van der Waals surface area contributed by atoms with E-state index in [-0.39, 0.29) is 23.7 Å². The van der Waals surface area contributed by atoms with Gasteiger partial charge in [0.15, 0.2) is 17.6 Å². The van der Waals surface area contributed by atoms with Crippen molar-refractivity contribution in [2.75, 3.05) is 14.2 Å². The van der Waals surface area contributed by atoms with Crippen molar-refractivity contribution in [3.8, 4) is 23.0 Å². The molecule has 0 radical (unpaired) electrons. The molecule has 2 N–H and O–H groups in total. The van der Waals surface area contributed by atoms with Crippen molar-refractivity contribution in [3.63, 3.8) is 0 Å². The van der Waals surface area contributed by atoms with E-state index in [0.717, 1.165) is 11.1 Å². The van der Waals surface area contributed by atoms with Crippen LogP contribution in [0.3, 0.4) is 0 Å². The molecule has 0 unspecified atom stereocenters. The molecule has 0 amide bonds. The minimum absolute atomic E-state index is 0.0557. The van der Waals surface area contributed by atoms with Crippen LogP contribution in [-0.4, -0.2) is 30.5 Å². The van der Waals surface area contributed by atoms with Gasteiger partial charge in [-0.15, -0.1) is 0 Å². The van der Waals surface area contributed by atoms with E-state index in [0.29, 0.717) is 17.9 Å². The average molecular weight is 302 g/mol. The first-order chi connectivity index (χ1) is 10.6. The molecule has 0 aromatic heterocycles. The van der Waals surface area contributed by atoms with E-state index in [1.54, 1.807) is 31.4 Å². The molecular formula is C17H18O5. The van der Waals surface area contributed by atoms with Gasteiger partial charge in [0.25, 0.3) is 0 Å². The molecular weight excluding hydrogens is 284 g/mol. The number of phenols is 2. The Morgan fingerprint density at radius 2 is 1.91 bits per heavy atom. The van der Waals surface area contributed by atoms with Crippen molar-refractivity contribution in [3.05, 3.63) is 47.5 Å². The minimum atomic E-state index is -0.365. The van der Waals surface area contributed by atoms with E-state index in [2.05, 4.69) is 0 Å². The van der Waals surface area contributed by atoms with Crippen LogP contribution in [0.5, 0.6) is 23.0 Å². The third-order valence-corrected chi connectivity index (χ3v) is 3.90. The lowest BCUT2D eigenvalue weighted by Gasteiger charge is -2.33. The smallest absolute Gasteiger partial charge is 0.160 e. The zero-order valence-electron chi connectivity index (χ0n) is 12.4. The Morgan fingerprint density at radius 3 is 2.59 bits per heavy atom. The van der Waals surface area contributed by atoms with E-state index in [1.807, 2.05) is 12.1 Å². The van der Waals surface area contributed by atoms with Gasteiger partial charge in [-0.2, -0.15) is 0 Å². The van der Waals surface area contributed by atoms with Crippen LogP contribution < -0.4 is 9.47 Å². The summed E-state index contributed by atoms with van der Waals surface area (Å²) < 4.78 is 16.6. The van der Waals surface area contributed by atoms with Gasteiger partial charge in [-0.3, -0.25) is 0 Å². The number of hydrogen-bond acceptors (Lipinski definition) is 5. The Labute approximate surface area is 128 Å². The molecule has 1 aliphatic rings. The molecule has 2 aromatic carbocycles. The number of benzene rings is 2. The van der Waals surface area contributed by atoms with Gasteiger partial charge in [-0.25, -0.2) is 0 Å². The lowest BCUT2D eigenvalue weighted by atomic mass is 9.94. The molecule has 116 valence electrons. The SMILES string of the molecule is COc1ccc([C@@H]2Oc3cc(O)ccc3C[C@H]2OC)cc1O. The van der Waals surface area contributed by atoms with Gasteiger partial charge >= 0.3 is 0 Å². The number of aromatic hydroxyl groups is 2. The third-order valence-electron chi connectivity index (χ3n) is 3.90. The van der Waals surface area contributed by atoms with E-state index in [4.69, 9.17) is 14.2 Å². The van der Waals surface area contributed by atoms with Crippen molar-refractivity contribution in [2.45, 2.75) is 18.6 Å². The Kier molecular flexibility index (Phi) is 3.81. The summed E-state index contributed by atoms with van der Waals surface area (Å²) in [5.74, 6) is 1.26. The molecule has 3 rings (SSSR count). The number of ether oxygens (including phenoxy) is 3. The summed E-state index contributed by atoms with van der Waals surface area (Å²) >= 11 is 0. The highest BCUT2D eigenvalue weighted by atomic mass is 16.5. The van der Waals surface area contributed by atoms with Crippen LogP contribution in [0.15, 0.2) is 36.4 Å². The van der Waals surface area contributed by atoms with Crippen LogP contribution in [-0.2, 0) is 11.2 Å². The van der Waals surface area contributed by atoms with E-state index in [1.165, 1.54) is 7.11 Å². The third kappa shape index (κ3) is 2.55. The van der Waals surface area contributed by atoms with Crippen LogP contribution in [0, 0.1) is 0 Å². The monoisotopic (exact) mass is 302 g/mol. The van der Waals surface area contributed by atoms with Crippen molar-refractivity contribution in [1.82, 2.24) is 0 Å². The molecule has 0 saturated carbocycles. The Balaban J connectivity index is 1.97. The highest BCUT2D eigenvalue weighted by molar-refractivity contribution is 5.46. The highest BCUT2D eigenvalue weighted by Crippen LogP contribution is 2.40. The number of rotatable bonds is 3. The second-order valence-electron chi connectivity index (χ2n) is 5.24. The van der Waals surface area contributed by atoms with Crippen molar-refractivity contribution >= 4 is 0 Å². The summed E-state index contributed by atoms with van der Waals surface area (Å²) in [6.07, 6.45) is 0.129. The second kappa shape index (κ2) is 5.77. The van der Waals surface area contributed by atoms with Gasteiger partial charge in [0, 0.05) is 19.6 Å². The summed E-state index contributed by atoms with van der Waals surface area (Å²) in [5, 5.41) is 19.6. The van der Waals surface area contributed by atoms with Crippen molar-refractivity contribution < 1.29 is 24.4 Å². The number of fused-ring (bicyclic) bond motifs is 1. The van der Waals surface area contributed by atoms with Gasteiger partial charge in [0.2, 0.25) is 0 Å². The van der Waals surface area contributed by atoms with Crippen LogP contribution in [0.1, 0.15) is 17.2 Å². The highest BCUT2D eigenvalue weighted by Gasteiger charge is 2.32. The van der Waals surface area contributed by atoms with Crippen LogP contribution in [0.4, 0.5) is 0 Å². The lowest BCUT2D eigenvalue weighted by Crippen LogP contribution is -2.32. The summed E-state index contributed by atoms with van der Waals surface area (Å²) in [4.78, 5) is 0. The van der Waals surface area contributed by atoms with Gasteiger partial charge in [0.05, 0.1) is 7.11 Å². The number of methoxy groups -OCH3 is 2. The Bertz CT molecular complexity index is 683. The van der Waals surface area contributed by atoms with Gasteiger partial charge in [-0.1, -0.05) is 12.1 Å². The Hall–Kier alpha value is -2.40. The topological polar surface area (TPSA) is 68.2 Å². The molecule has 1 heterocycles. The maximum atomic E-state index is 9.96. The predicted molar refractivity (Wildman–Crippen MR) is 80.6 cm³/mol. The molecule has 0 fully saturated rings. The normalized spacial score (nSPS) is 20.1. The number of phenolic OH excluding ortho intramolecular Hbond substituents is 2. The van der Waals surface area contributed by atoms with Crippen LogP contribution in [0.25, 0.3) is 0 Å². The number of hydrogen-bond donors (Lipinski definition) is 2. The molecule has 0 saturated heterocycles. The largest absolute Gasteiger partial charge is 0.508 e. The van der Waals surface area contributed by atoms with Gasteiger partial charge < -0.3 is 24.4 Å². The maximum Gasteiger partial charge on any atom is 0.160 e. The molecule has 2 atom stereocenters. The van der Waals surface area contributed by atoms with E-state index in [9.17, 15) is 10.2 Å². The Morgan fingerprint density at radius 1 is 1.09 bits per heavy atom. The fourth-order valence-electron chi connectivity index (χ4n) is 2.73. The molecule has 0 aliphatic carbocycles. The first-order valence-corrected chi connectivity index (χ1v) is 7.00. The summed E-state index contributed by atoms with van der Waals surface area (Å²) in [5.41, 5.74) is 1.78. The average Bonchev–Trinajstić information content (AvgIpc) is 2.53. The minimum Gasteiger partial charge on any atom is -0.508 e. The van der Waals surface area contributed by atoms with Crippen LogP contribution in [0.2, 0.25) is 0 Å².